The quantitative estimate of drug-likeness (QED) is 0.609. The van der Waals surface area contributed by atoms with Gasteiger partial charge in [0, 0.05) is 6.54 Å². The maximum atomic E-state index is 13.4. The molecule has 1 N–H and O–H groups in total. The van der Waals surface area contributed by atoms with Crippen molar-refractivity contribution in [3.05, 3.63) is 95.1 Å². The van der Waals surface area contributed by atoms with E-state index in [9.17, 15) is 21.6 Å². The fourth-order valence-electron chi connectivity index (χ4n) is 3.45. The van der Waals surface area contributed by atoms with E-state index in [4.69, 9.17) is 0 Å². The van der Waals surface area contributed by atoms with E-state index in [1.165, 1.54) is 22.5 Å². The van der Waals surface area contributed by atoms with Crippen LogP contribution >= 0.6 is 0 Å². The van der Waals surface area contributed by atoms with Crippen molar-refractivity contribution < 1.29 is 21.6 Å². The average molecular weight is 432 g/mol. The first kappa shape index (κ1) is 20.4. The smallest absolute Gasteiger partial charge is 0.364 e. The molecule has 0 aliphatic carbocycles. The fourth-order valence-corrected chi connectivity index (χ4v) is 5.13. The first-order valence-electron chi connectivity index (χ1n) is 9.26. The molecule has 8 heteroatoms. The van der Waals surface area contributed by atoms with Crippen LogP contribution < -0.4 is 5.32 Å². The third-order valence-corrected chi connectivity index (χ3v) is 6.94. The van der Waals surface area contributed by atoms with Crippen molar-refractivity contribution in [1.82, 2.24) is 4.31 Å². The lowest BCUT2D eigenvalue weighted by Crippen LogP contribution is -2.42. The Morgan fingerprint density at radius 1 is 0.933 bits per heavy atom. The monoisotopic (exact) mass is 432 g/mol. The van der Waals surface area contributed by atoms with Gasteiger partial charge in [-0.25, -0.2) is 8.42 Å². The van der Waals surface area contributed by atoms with Gasteiger partial charge in [0.2, 0.25) is 10.0 Å². The molecule has 1 atom stereocenters. The first-order valence-corrected chi connectivity index (χ1v) is 10.7. The summed E-state index contributed by atoms with van der Waals surface area (Å²) < 4.78 is 66.9. The highest BCUT2D eigenvalue weighted by Gasteiger charge is 2.39. The molecule has 3 aromatic carbocycles. The van der Waals surface area contributed by atoms with E-state index in [2.05, 4.69) is 5.32 Å². The summed E-state index contributed by atoms with van der Waals surface area (Å²) in [4.78, 5) is 0.139. The molecule has 4 rings (SSSR count). The van der Waals surface area contributed by atoms with Crippen molar-refractivity contribution in [1.29, 1.82) is 0 Å². The van der Waals surface area contributed by atoms with Crippen LogP contribution in [0.15, 0.2) is 77.7 Å². The maximum absolute atomic E-state index is 13.4. The molecule has 1 heterocycles. The summed E-state index contributed by atoms with van der Waals surface area (Å²) in [5.74, 6) is 0. The second-order valence-corrected chi connectivity index (χ2v) is 9.06. The second kappa shape index (κ2) is 7.45. The Labute approximate surface area is 173 Å². The van der Waals surface area contributed by atoms with E-state index in [-0.39, 0.29) is 11.4 Å². The molecule has 0 saturated heterocycles. The Morgan fingerprint density at radius 3 is 2.20 bits per heavy atom. The minimum atomic E-state index is -4.46. The Morgan fingerprint density at radius 2 is 1.57 bits per heavy atom. The number of sulfonamides is 1. The fraction of sp³-hybridized carbons (Fsp3) is 0.182. The van der Waals surface area contributed by atoms with Gasteiger partial charge in [0.25, 0.3) is 0 Å². The van der Waals surface area contributed by atoms with Crippen LogP contribution in [0.4, 0.5) is 18.9 Å². The summed E-state index contributed by atoms with van der Waals surface area (Å²) in [6.07, 6.45) is -5.30. The zero-order valence-electron chi connectivity index (χ0n) is 16.0. The number of alkyl halides is 3. The van der Waals surface area contributed by atoms with Crippen LogP contribution in [0.1, 0.15) is 28.4 Å². The zero-order valence-corrected chi connectivity index (χ0v) is 16.8. The van der Waals surface area contributed by atoms with Crippen molar-refractivity contribution >= 4 is 15.7 Å². The van der Waals surface area contributed by atoms with Crippen molar-refractivity contribution in [2.75, 3.05) is 5.32 Å². The van der Waals surface area contributed by atoms with Gasteiger partial charge < -0.3 is 5.32 Å². The molecular formula is C22H19F3N2O2S. The van der Waals surface area contributed by atoms with Crippen LogP contribution in [0.3, 0.4) is 0 Å². The topological polar surface area (TPSA) is 49.4 Å². The van der Waals surface area contributed by atoms with Gasteiger partial charge in [-0.05, 0) is 42.3 Å². The standard InChI is InChI=1S/C22H19F3N2O2S/c1-15-6-8-16(9-7-15)14-27-21(17-10-12-18(13-11-17)22(23,24)25)26-19-4-2-3-5-20(19)30(27,28)29/h2-13,21,26H,14H2,1H3. The van der Waals surface area contributed by atoms with Crippen molar-refractivity contribution in [3.63, 3.8) is 0 Å². The normalized spacial score (nSPS) is 18.5. The lowest BCUT2D eigenvalue weighted by atomic mass is 10.1. The van der Waals surface area contributed by atoms with E-state index < -0.39 is 27.9 Å². The Bertz CT molecular complexity index is 1160. The number of nitrogens with one attached hydrogen (secondary N) is 1. The van der Waals surface area contributed by atoms with Crippen molar-refractivity contribution in [3.8, 4) is 0 Å². The molecule has 0 spiro atoms. The first-order chi connectivity index (χ1) is 14.2. The average Bonchev–Trinajstić information content (AvgIpc) is 2.71. The van der Waals surface area contributed by atoms with Gasteiger partial charge in [0.15, 0.2) is 0 Å². The van der Waals surface area contributed by atoms with Gasteiger partial charge in [0.1, 0.15) is 11.1 Å². The van der Waals surface area contributed by atoms with E-state index in [1.54, 1.807) is 18.2 Å². The molecule has 4 nitrogen and oxygen atoms in total. The van der Waals surface area contributed by atoms with Crippen LogP contribution in [0.5, 0.6) is 0 Å². The number of hydrogen-bond acceptors (Lipinski definition) is 3. The summed E-state index contributed by atoms with van der Waals surface area (Å²) in [6.45, 7) is 2.01. The third kappa shape index (κ3) is 3.80. The molecule has 156 valence electrons. The van der Waals surface area contributed by atoms with Gasteiger partial charge in [-0.15, -0.1) is 0 Å². The number of rotatable bonds is 3. The largest absolute Gasteiger partial charge is 0.416 e. The van der Waals surface area contributed by atoms with Crippen molar-refractivity contribution in [2.45, 2.75) is 30.7 Å². The number of hydrogen-bond donors (Lipinski definition) is 1. The Hall–Kier alpha value is -2.84. The molecular weight excluding hydrogens is 413 g/mol. The number of fused-ring (bicyclic) bond motifs is 1. The summed E-state index contributed by atoms with van der Waals surface area (Å²) in [5.41, 5.74) is 1.89. The highest BCUT2D eigenvalue weighted by Crippen LogP contribution is 2.39. The minimum Gasteiger partial charge on any atom is -0.364 e. The van der Waals surface area contributed by atoms with Crippen LogP contribution in [0, 0.1) is 6.92 Å². The van der Waals surface area contributed by atoms with Crippen LogP contribution in [-0.2, 0) is 22.7 Å². The second-order valence-electron chi connectivity index (χ2n) is 7.20. The highest BCUT2D eigenvalue weighted by molar-refractivity contribution is 7.89. The molecule has 30 heavy (non-hydrogen) atoms. The van der Waals surface area contributed by atoms with E-state index in [0.29, 0.717) is 11.3 Å². The lowest BCUT2D eigenvalue weighted by molar-refractivity contribution is -0.137. The van der Waals surface area contributed by atoms with Crippen molar-refractivity contribution in [2.24, 2.45) is 0 Å². The number of nitrogens with zero attached hydrogens (tertiary/aromatic N) is 1. The molecule has 1 unspecified atom stereocenters. The van der Waals surface area contributed by atoms with Gasteiger partial charge in [0.05, 0.1) is 11.3 Å². The van der Waals surface area contributed by atoms with Gasteiger partial charge in [-0.1, -0.05) is 54.1 Å². The molecule has 0 saturated carbocycles. The Kier molecular flexibility index (Phi) is 5.07. The van der Waals surface area contributed by atoms with E-state index >= 15 is 0 Å². The van der Waals surface area contributed by atoms with E-state index in [0.717, 1.165) is 23.3 Å². The summed E-state index contributed by atoms with van der Waals surface area (Å²) in [6, 6.07) is 18.5. The number of aryl methyl sites for hydroxylation is 1. The molecule has 0 aromatic heterocycles. The van der Waals surface area contributed by atoms with Gasteiger partial charge in [-0.2, -0.15) is 17.5 Å². The molecule has 3 aromatic rings. The lowest BCUT2D eigenvalue weighted by Gasteiger charge is -2.37. The number of para-hydroxylation sites is 1. The zero-order chi connectivity index (χ0) is 21.5. The van der Waals surface area contributed by atoms with Crippen LogP contribution in [0.25, 0.3) is 0 Å². The summed E-state index contributed by atoms with van der Waals surface area (Å²) in [7, 11) is -3.88. The van der Waals surface area contributed by atoms with Crippen LogP contribution in [-0.4, -0.2) is 12.7 Å². The molecule has 1 aliphatic heterocycles. The number of anilines is 1. The molecule has 1 aliphatic rings. The maximum Gasteiger partial charge on any atom is 0.416 e. The Balaban J connectivity index is 1.78. The molecule has 0 fully saturated rings. The van der Waals surface area contributed by atoms with Crippen LogP contribution in [0.2, 0.25) is 0 Å². The molecule has 0 radical (unpaired) electrons. The number of halogens is 3. The minimum absolute atomic E-state index is 0.0790. The predicted molar refractivity (Wildman–Crippen MR) is 108 cm³/mol. The third-order valence-electron chi connectivity index (χ3n) is 5.07. The number of benzene rings is 3. The summed E-state index contributed by atoms with van der Waals surface area (Å²) in [5, 5.41) is 3.17. The molecule has 0 amide bonds. The SMILES string of the molecule is Cc1ccc(CN2C(c3ccc(C(F)(F)F)cc3)Nc3ccccc3S2(=O)=O)cc1. The van der Waals surface area contributed by atoms with Gasteiger partial charge >= 0.3 is 6.18 Å². The summed E-state index contributed by atoms with van der Waals surface area (Å²) >= 11 is 0. The van der Waals surface area contributed by atoms with Gasteiger partial charge in [-0.3, -0.25) is 0 Å². The highest BCUT2D eigenvalue weighted by atomic mass is 32.2. The van der Waals surface area contributed by atoms with E-state index in [1.807, 2.05) is 31.2 Å². The predicted octanol–water partition coefficient (Wildman–Crippen LogP) is 5.33. The molecule has 0 bridgehead atoms.